The maximum Gasteiger partial charge on any atom is 0.243 e. The fourth-order valence-corrected chi connectivity index (χ4v) is 4.59. The Morgan fingerprint density at radius 2 is 1.75 bits per heavy atom. The lowest BCUT2D eigenvalue weighted by Crippen LogP contribution is -2.56. The number of benzene rings is 2. The molecule has 0 aliphatic carbocycles. The van der Waals surface area contributed by atoms with Gasteiger partial charge in [0.25, 0.3) is 0 Å². The van der Waals surface area contributed by atoms with E-state index in [4.69, 9.17) is 5.73 Å². The fraction of sp³-hybridized carbons (Fsp3) is 0.467. The Bertz CT molecular complexity index is 1190. The molecule has 2 aromatic carbocycles. The second-order valence-electron chi connectivity index (χ2n) is 11.3. The molecule has 1 aliphatic heterocycles. The highest BCUT2D eigenvalue weighted by Crippen LogP contribution is 2.31. The van der Waals surface area contributed by atoms with Gasteiger partial charge in [-0.3, -0.25) is 19.2 Å². The van der Waals surface area contributed by atoms with Crippen molar-refractivity contribution in [2.24, 2.45) is 5.73 Å². The Kier molecular flexibility index (Phi) is 10.7. The van der Waals surface area contributed by atoms with Crippen molar-refractivity contribution in [2.75, 3.05) is 13.1 Å². The molecule has 0 aromatic heterocycles. The number of nitrogens with one attached hydrogen (secondary N) is 4. The predicted molar refractivity (Wildman–Crippen MR) is 152 cm³/mol. The molecule has 0 bridgehead atoms. The Morgan fingerprint density at radius 3 is 2.45 bits per heavy atom. The molecule has 10 heteroatoms. The molecule has 10 nitrogen and oxygen atoms in total. The lowest BCUT2D eigenvalue weighted by Gasteiger charge is -2.25. The zero-order valence-electron chi connectivity index (χ0n) is 23.5. The van der Waals surface area contributed by atoms with Crippen LogP contribution in [0.5, 0.6) is 5.75 Å². The summed E-state index contributed by atoms with van der Waals surface area (Å²) in [6.45, 7) is 6.06. The van der Waals surface area contributed by atoms with Gasteiger partial charge in [0.2, 0.25) is 23.6 Å². The first-order valence-corrected chi connectivity index (χ1v) is 13.7. The number of carbonyl (C=O) groups is 4. The molecule has 1 saturated heterocycles. The van der Waals surface area contributed by atoms with Crippen LogP contribution in [0.15, 0.2) is 48.5 Å². The summed E-state index contributed by atoms with van der Waals surface area (Å²) in [4.78, 5) is 51.7. The van der Waals surface area contributed by atoms with Crippen molar-refractivity contribution >= 4 is 23.6 Å². The van der Waals surface area contributed by atoms with Crippen LogP contribution >= 0.6 is 0 Å². The van der Waals surface area contributed by atoms with Gasteiger partial charge in [-0.1, -0.05) is 63.2 Å². The third kappa shape index (κ3) is 9.08. The number of nitrogens with two attached hydrogens (primary N) is 1. The minimum Gasteiger partial charge on any atom is -0.508 e. The first-order chi connectivity index (χ1) is 18.9. The average molecular weight is 552 g/mol. The van der Waals surface area contributed by atoms with E-state index in [1.807, 2.05) is 57.2 Å². The van der Waals surface area contributed by atoms with E-state index in [2.05, 4.69) is 21.3 Å². The predicted octanol–water partition coefficient (Wildman–Crippen LogP) is 1.19. The maximum absolute atomic E-state index is 13.5. The topological polar surface area (TPSA) is 163 Å². The number of carbonyl (C=O) groups excluding carboxylic acids is 4. The van der Waals surface area contributed by atoms with E-state index in [0.717, 1.165) is 11.1 Å². The van der Waals surface area contributed by atoms with Gasteiger partial charge < -0.3 is 32.1 Å². The highest BCUT2D eigenvalue weighted by atomic mass is 16.3. The van der Waals surface area contributed by atoms with E-state index in [1.54, 1.807) is 12.1 Å². The van der Waals surface area contributed by atoms with Gasteiger partial charge in [-0.15, -0.1) is 0 Å². The molecule has 1 fully saturated rings. The molecular formula is C30H41N5O5. The number of hydrogen-bond donors (Lipinski definition) is 6. The lowest BCUT2D eigenvalue weighted by molar-refractivity contribution is -0.133. The van der Waals surface area contributed by atoms with Gasteiger partial charge in [-0.2, -0.15) is 0 Å². The van der Waals surface area contributed by atoms with Crippen molar-refractivity contribution in [1.82, 2.24) is 21.3 Å². The fourth-order valence-electron chi connectivity index (χ4n) is 4.59. The van der Waals surface area contributed by atoms with Crippen LogP contribution in [0.4, 0.5) is 0 Å². The molecule has 0 radical (unpaired) electrons. The van der Waals surface area contributed by atoms with E-state index >= 15 is 0 Å². The zero-order chi connectivity index (χ0) is 29.3. The van der Waals surface area contributed by atoms with Gasteiger partial charge in [0.15, 0.2) is 0 Å². The normalized spacial score (nSPS) is 20.1. The summed E-state index contributed by atoms with van der Waals surface area (Å²) in [5, 5.41) is 21.3. The minimum atomic E-state index is -1.02. The third-order valence-corrected chi connectivity index (χ3v) is 6.87. The molecule has 2 aromatic rings. The summed E-state index contributed by atoms with van der Waals surface area (Å²) in [6.07, 6.45) is 1.91. The number of rotatable bonds is 6. The lowest BCUT2D eigenvalue weighted by atomic mass is 9.84. The van der Waals surface area contributed by atoms with Crippen molar-refractivity contribution in [2.45, 2.75) is 76.4 Å². The maximum atomic E-state index is 13.5. The molecule has 1 heterocycles. The van der Waals surface area contributed by atoms with Gasteiger partial charge >= 0.3 is 0 Å². The molecule has 7 N–H and O–H groups in total. The Hall–Kier alpha value is -3.92. The molecule has 0 saturated carbocycles. The summed E-state index contributed by atoms with van der Waals surface area (Å²) >= 11 is 0. The quantitative estimate of drug-likeness (QED) is 0.316. The monoisotopic (exact) mass is 551 g/mol. The minimum absolute atomic E-state index is 0.122. The molecule has 3 rings (SSSR count). The Labute approximate surface area is 235 Å². The van der Waals surface area contributed by atoms with Crippen LogP contribution in [-0.2, 0) is 37.4 Å². The Morgan fingerprint density at radius 1 is 1.02 bits per heavy atom. The van der Waals surface area contributed by atoms with Gasteiger partial charge in [0.1, 0.15) is 17.8 Å². The van der Waals surface area contributed by atoms with Crippen LogP contribution in [0.25, 0.3) is 0 Å². The van der Waals surface area contributed by atoms with Gasteiger partial charge in [0.05, 0.1) is 12.6 Å². The first kappa shape index (κ1) is 30.6. The molecule has 4 amide bonds. The summed E-state index contributed by atoms with van der Waals surface area (Å²) in [6, 6.07) is 11.7. The average Bonchev–Trinajstić information content (AvgIpc) is 2.91. The first-order valence-electron chi connectivity index (χ1n) is 13.7. The number of hydrogen-bond acceptors (Lipinski definition) is 6. The molecular weight excluding hydrogens is 510 g/mol. The van der Waals surface area contributed by atoms with E-state index in [1.165, 1.54) is 0 Å². The highest BCUT2D eigenvalue weighted by Gasteiger charge is 2.29. The largest absolute Gasteiger partial charge is 0.508 e. The summed E-state index contributed by atoms with van der Waals surface area (Å²) < 4.78 is 0. The molecule has 40 heavy (non-hydrogen) atoms. The molecule has 216 valence electrons. The van der Waals surface area contributed by atoms with Crippen molar-refractivity contribution in [3.8, 4) is 5.75 Å². The van der Waals surface area contributed by atoms with Crippen LogP contribution in [0.2, 0.25) is 0 Å². The van der Waals surface area contributed by atoms with Crippen LogP contribution in [0.1, 0.15) is 56.7 Å². The second-order valence-corrected chi connectivity index (χ2v) is 11.3. The molecule has 0 spiro atoms. The standard InChI is InChI=1S/C30H41N5O5/c1-30(2,3)21-15-20(12-13-25(21)36)17-24-28(39)33-18-26(37)32-14-8-7-11-23(29(40)35-24)34-27(38)22(31)16-19-9-5-4-6-10-19/h4-6,9-10,12-13,15,22-24,36H,7-8,11,14,16-18,31H2,1-3H3,(H,32,37)(H,33,39)(H,34,38)(H,35,40)/t22-,23?,24?/m0/s1. The van der Waals surface area contributed by atoms with Crippen LogP contribution in [-0.4, -0.2) is 60.0 Å². The van der Waals surface area contributed by atoms with Gasteiger partial charge in [-0.05, 0) is 53.9 Å². The zero-order valence-corrected chi connectivity index (χ0v) is 23.5. The third-order valence-electron chi connectivity index (χ3n) is 6.87. The number of amides is 4. The van der Waals surface area contributed by atoms with Crippen molar-refractivity contribution in [1.29, 1.82) is 0 Å². The summed E-state index contributed by atoms with van der Waals surface area (Å²) in [5.74, 6) is -1.68. The van der Waals surface area contributed by atoms with E-state index in [9.17, 15) is 24.3 Å². The number of phenols is 1. The smallest absolute Gasteiger partial charge is 0.243 e. The van der Waals surface area contributed by atoms with E-state index in [-0.39, 0.29) is 30.0 Å². The summed E-state index contributed by atoms with van der Waals surface area (Å²) in [5.41, 5.74) is 8.15. The molecule has 3 atom stereocenters. The highest BCUT2D eigenvalue weighted by molar-refractivity contribution is 5.94. The van der Waals surface area contributed by atoms with Crippen molar-refractivity contribution < 1.29 is 24.3 Å². The van der Waals surface area contributed by atoms with Crippen LogP contribution in [0.3, 0.4) is 0 Å². The second kappa shape index (κ2) is 13.9. The van der Waals surface area contributed by atoms with Crippen LogP contribution < -0.4 is 27.0 Å². The van der Waals surface area contributed by atoms with Crippen molar-refractivity contribution in [3.63, 3.8) is 0 Å². The SMILES string of the molecule is CC(C)(C)c1cc(CC2NC(=O)C(NC(=O)[C@@H](N)Cc3ccccc3)CCCCNC(=O)CNC2=O)ccc1O. The molecule has 2 unspecified atom stereocenters. The molecule has 1 aliphatic rings. The van der Waals surface area contributed by atoms with E-state index in [0.29, 0.717) is 37.8 Å². The van der Waals surface area contributed by atoms with Crippen LogP contribution in [0, 0.1) is 0 Å². The van der Waals surface area contributed by atoms with Gasteiger partial charge in [0, 0.05) is 13.0 Å². The number of aromatic hydroxyl groups is 1. The van der Waals surface area contributed by atoms with E-state index < -0.39 is 35.8 Å². The Balaban J connectivity index is 1.80. The number of phenolic OH excluding ortho intramolecular Hbond substituents is 1. The summed E-state index contributed by atoms with van der Waals surface area (Å²) in [7, 11) is 0. The van der Waals surface area contributed by atoms with Crippen molar-refractivity contribution in [3.05, 3.63) is 65.2 Å². The van der Waals surface area contributed by atoms with Gasteiger partial charge in [-0.25, -0.2) is 0 Å².